The molecule has 0 unspecified atom stereocenters. The van der Waals surface area contributed by atoms with Gasteiger partial charge in [0.25, 0.3) is 0 Å². The maximum atomic E-state index is 12.9. The van der Waals surface area contributed by atoms with E-state index in [1.807, 2.05) is 36.4 Å². The Morgan fingerprint density at radius 3 is 2.23 bits per heavy atom. The van der Waals surface area contributed by atoms with Crippen LogP contribution >= 0.6 is 0 Å². The number of carboxylic acids is 1. The molecule has 4 N–H and O–H groups in total. The van der Waals surface area contributed by atoms with Crippen LogP contribution in [0.4, 0.5) is 4.79 Å². The number of alkyl carbamates (subject to hydrolysis) is 1. The lowest BCUT2D eigenvalue weighted by atomic mass is 9.86. The van der Waals surface area contributed by atoms with Gasteiger partial charge < -0.3 is 30.3 Å². The van der Waals surface area contributed by atoms with Crippen molar-refractivity contribution in [1.82, 2.24) is 10.6 Å². The van der Waals surface area contributed by atoms with Crippen LogP contribution in [0.1, 0.15) is 42.7 Å². The molecule has 2 aromatic carbocycles. The van der Waals surface area contributed by atoms with Crippen LogP contribution in [0.3, 0.4) is 0 Å². The lowest BCUT2D eigenvalue weighted by Crippen LogP contribution is -2.54. The Labute approximate surface area is 203 Å². The standard InChI is InChI=1S/C26H30N2O7/c29-22(24(31)32)9-12-27-23(30)15-26(10-13-34-14-11-26)28-25(33)35-16-21-19-7-3-1-5-17(19)18-6-2-4-8-20(18)21/h1-8,21-22,29H,9-16H2,(H,27,30)(H,28,33)(H,31,32)/t22-/m0/s1. The summed E-state index contributed by atoms with van der Waals surface area (Å²) in [6.45, 7) is 0.985. The topological polar surface area (TPSA) is 134 Å². The Balaban J connectivity index is 1.36. The van der Waals surface area contributed by atoms with Gasteiger partial charge in [-0.3, -0.25) is 4.79 Å². The molecule has 2 aromatic rings. The van der Waals surface area contributed by atoms with Crippen LogP contribution in [-0.2, 0) is 19.1 Å². The second kappa shape index (κ2) is 10.9. The fourth-order valence-corrected chi connectivity index (χ4v) is 4.80. The first kappa shape index (κ1) is 24.7. The molecule has 4 rings (SSSR count). The first-order chi connectivity index (χ1) is 16.9. The molecule has 1 aliphatic carbocycles. The summed E-state index contributed by atoms with van der Waals surface area (Å²) in [4.78, 5) is 36.1. The SMILES string of the molecule is O=C(CC1(NC(=O)OCC2c3ccccc3-c3ccccc32)CCOCC1)NCC[C@H](O)C(=O)O. The summed E-state index contributed by atoms with van der Waals surface area (Å²) in [5, 5.41) is 23.6. The molecule has 2 aliphatic rings. The average molecular weight is 483 g/mol. The van der Waals surface area contributed by atoms with E-state index in [1.54, 1.807) is 0 Å². The van der Waals surface area contributed by atoms with Gasteiger partial charge in [-0.05, 0) is 35.1 Å². The molecule has 9 nitrogen and oxygen atoms in total. The minimum absolute atomic E-state index is 0.00369. The summed E-state index contributed by atoms with van der Waals surface area (Å²) in [6, 6.07) is 16.2. The van der Waals surface area contributed by atoms with Gasteiger partial charge in [0.2, 0.25) is 5.91 Å². The van der Waals surface area contributed by atoms with Crippen LogP contribution in [0.2, 0.25) is 0 Å². The summed E-state index contributed by atoms with van der Waals surface area (Å²) in [5.41, 5.74) is 3.69. The third-order valence-electron chi connectivity index (χ3n) is 6.68. The first-order valence-electron chi connectivity index (χ1n) is 11.8. The van der Waals surface area contributed by atoms with E-state index >= 15 is 0 Å². The van der Waals surface area contributed by atoms with Gasteiger partial charge in [0.1, 0.15) is 6.61 Å². The number of hydrogen-bond donors (Lipinski definition) is 4. The van der Waals surface area contributed by atoms with E-state index in [4.69, 9.17) is 14.6 Å². The Hall–Kier alpha value is -3.43. The van der Waals surface area contributed by atoms with Gasteiger partial charge in [0.15, 0.2) is 6.10 Å². The number of carbonyl (C=O) groups excluding carboxylic acids is 2. The van der Waals surface area contributed by atoms with Crippen molar-refractivity contribution in [3.8, 4) is 11.1 Å². The van der Waals surface area contributed by atoms with Gasteiger partial charge in [0.05, 0.1) is 5.54 Å². The van der Waals surface area contributed by atoms with Crippen LogP contribution in [0.25, 0.3) is 11.1 Å². The monoisotopic (exact) mass is 482 g/mol. The molecule has 0 bridgehead atoms. The molecule has 2 amide bonds. The number of fused-ring (bicyclic) bond motifs is 3. The minimum atomic E-state index is -1.54. The summed E-state index contributed by atoms with van der Waals surface area (Å²) < 4.78 is 11.1. The van der Waals surface area contributed by atoms with E-state index in [1.165, 1.54) is 0 Å². The predicted octanol–water partition coefficient (Wildman–Crippen LogP) is 2.42. The highest BCUT2D eigenvalue weighted by Crippen LogP contribution is 2.44. The molecule has 0 spiro atoms. The number of aliphatic carboxylic acids is 1. The molecule has 0 aromatic heterocycles. The van der Waals surface area contributed by atoms with E-state index in [2.05, 4.69) is 22.8 Å². The van der Waals surface area contributed by atoms with Crippen molar-refractivity contribution in [2.75, 3.05) is 26.4 Å². The zero-order chi connectivity index (χ0) is 24.8. The predicted molar refractivity (Wildman–Crippen MR) is 127 cm³/mol. The Morgan fingerprint density at radius 2 is 1.63 bits per heavy atom. The number of amides is 2. The highest BCUT2D eigenvalue weighted by atomic mass is 16.5. The summed E-state index contributed by atoms with van der Waals surface area (Å²) in [7, 11) is 0. The second-order valence-corrected chi connectivity index (χ2v) is 9.01. The summed E-state index contributed by atoms with van der Waals surface area (Å²) in [5.74, 6) is -1.75. The molecule has 1 aliphatic heterocycles. The smallest absolute Gasteiger partial charge is 0.407 e. The highest BCUT2D eigenvalue weighted by Gasteiger charge is 2.37. The maximum Gasteiger partial charge on any atom is 0.407 e. The van der Waals surface area contributed by atoms with E-state index in [0.717, 1.165) is 22.3 Å². The molecular formula is C26H30N2O7. The fourth-order valence-electron chi connectivity index (χ4n) is 4.80. The molecule has 9 heteroatoms. The molecule has 1 fully saturated rings. The van der Waals surface area contributed by atoms with Crippen LogP contribution in [0, 0.1) is 0 Å². The van der Waals surface area contributed by atoms with Crippen molar-refractivity contribution < 1.29 is 34.1 Å². The van der Waals surface area contributed by atoms with Crippen LogP contribution in [0.15, 0.2) is 48.5 Å². The molecule has 1 heterocycles. The first-order valence-corrected chi connectivity index (χ1v) is 11.8. The number of aliphatic hydroxyl groups excluding tert-OH is 1. The Morgan fingerprint density at radius 1 is 1.03 bits per heavy atom. The van der Waals surface area contributed by atoms with Gasteiger partial charge in [-0.2, -0.15) is 0 Å². The third-order valence-corrected chi connectivity index (χ3v) is 6.68. The van der Waals surface area contributed by atoms with Crippen molar-refractivity contribution in [1.29, 1.82) is 0 Å². The van der Waals surface area contributed by atoms with Crippen LogP contribution in [-0.4, -0.2) is 66.2 Å². The Bertz CT molecular complexity index is 1040. The Kier molecular flexibility index (Phi) is 7.67. The number of benzene rings is 2. The summed E-state index contributed by atoms with van der Waals surface area (Å²) >= 11 is 0. The van der Waals surface area contributed by atoms with Crippen molar-refractivity contribution in [2.45, 2.75) is 43.2 Å². The number of hydrogen-bond acceptors (Lipinski definition) is 6. The minimum Gasteiger partial charge on any atom is -0.479 e. The largest absolute Gasteiger partial charge is 0.479 e. The zero-order valence-corrected chi connectivity index (χ0v) is 19.4. The fraction of sp³-hybridized carbons (Fsp3) is 0.423. The lowest BCUT2D eigenvalue weighted by Gasteiger charge is -2.37. The van der Waals surface area contributed by atoms with Gasteiger partial charge in [-0.25, -0.2) is 9.59 Å². The van der Waals surface area contributed by atoms with Gasteiger partial charge in [0, 0.05) is 38.5 Å². The molecule has 1 atom stereocenters. The maximum absolute atomic E-state index is 12.9. The normalized spacial score (nSPS) is 17.1. The molecule has 0 radical (unpaired) electrons. The number of nitrogens with one attached hydrogen (secondary N) is 2. The van der Waals surface area contributed by atoms with Gasteiger partial charge in [-0.1, -0.05) is 48.5 Å². The number of carbonyl (C=O) groups is 3. The average Bonchev–Trinajstić information content (AvgIpc) is 3.16. The third kappa shape index (κ3) is 5.80. The van der Waals surface area contributed by atoms with Crippen molar-refractivity contribution in [3.05, 3.63) is 59.7 Å². The van der Waals surface area contributed by atoms with E-state index in [9.17, 15) is 19.5 Å². The molecule has 0 saturated carbocycles. The second-order valence-electron chi connectivity index (χ2n) is 9.01. The quantitative estimate of drug-likeness (QED) is 0.431. The van der Waals surface area contributed by atoms with Crippen molar-refractivity contribution in [3.63, 3.8) is 0 Å². The zero-order valence-electron chi connectivity index (χ0n) is 19.4. The molecular weight excluding hydrogens is 452 g/mol. The number of aliphatic hydroxyl groups is 1. The van der Waals surface area contributed by atoms with Crippen LogP contribution in [0.5, 0.6) is 0 Å². The molecule has 35 heavy (non-hydrogen) atoms. The highest BCUT2D eigenvalue weighted by molar-refractivity contribution is 5.80. The number of rotatable bonds is 9. The van der Waals surface area contributed by atoms with Gasteiger partial charge >= 0.3 is 12.1 Å². The van der Waals surface area contributed by atoms with E-state index in [0.29, 0.717) is 26.1 Å². The number of carboxylic acid groups (broad SMARTS) is 1. The molecule has 186 valence electrons. The van der Waals surface area contributed by atoms with E-state index in [-0.39, 0.29) is 37.8 Å². The van der Waals surface area contributed by atoms with Gasteiger partial charge in [-0.15, -0.1) is 0 Å². The lowest BCUT2D eigenvalue weighted by molar-refractivity contribution is -0.147. The number of ether oxygens (including phenoxy) is 2. The van der Waals surface area contributed by atoms with Crippen LogP contribution < -0.4 is 10.6 Å². The molecule has 1 saturated heterocycles. The van der Waals surface area contributed by atoms with Crippen molar-refractivity contribution >= 4 is 18.0 Å². The summed E-state index contributed by atoms with van der Waals surface area (Å²) in [6.07, 6.45) is -1.33. The van der Waals surface area contributed by atoms with Crippen molar-refractivity contribution in [2.24, 2.45) is 0 Å². The van der Waals surface area contributed by atoms with E-state index < -0.39 is 23.7 Å².